The quantitative estimate of drug-likeness (QED) is 0.720. The van der Waals surface area contributed by atoms with E-state index in [1.807, 2.05) is 13.2 Å². The van der Waals surface area contributed by atoms with Crippen LogP contribution in [0.3, 0.4) is 0 Å². The molecule has 10 heteroatoms. The molecule has 5 rings (SSSR count). The smallest absolute Gasteiger partial charge is 0.229 e. The number of ether oxygens (including phenoxy) is 1. The first-order valence-corrected chi connectivity index (χ1v) is 11.3. The molecule has 0 saturated carbocycles. The standard InChI is InChI=1S/C22H31N9O/c1-16-8-18-13-31(7-6-29(18)11-16)22(4-5-23)14-30(15-22)20-19(32-3)10-24-21(27-20)26-17-9-25-28(2)12-17/h9-10,12,16,18H,4,6-8,11,13-15H2,1-3H3,(H,24,26,27)/t16-,18+/m1/s1. The summed E-state index contributed by atoms with van der Waals surface area (Å²) in [6.45, 7) is 8.25. The summed E-state index contributed by atoms with van der Waals surface area (Å²) in [7, 11) is 3.51. The van der Waals surface area contributed by atoms with Gasteiger partial charge in [0, 0.05) is 58.6 Å². The van der Waals surface area contributed by atoms with Crippen LogP contribution in [0.2, 0.25) is 0 Å². The first kappa shape index (κ1) is 21.0. The van der Waals surface area contributed by atoms with Gasteiger partial charge < -0.3 is 15.0 Å². The number of aromatic nitrogens is 4. The van der Waals surface area contributed by atoms with Crippen LogP contribution in [-0.2, 0) is 7.05 Å². The summed E-state index contributed by atoms with van der Waals surface area (Å²) in [6.07, 6.45) is 7.09. The molecule has 3 aliphatic heterocycles. The van der Waals surface area contributed by atoms with Crippen molar-refractivity contribution in [3.05, 3.63) is 18.6 Å². The summed E-state index contributed by atoms with van der Waals surface area (Å²) < 4.78 is 7.28. The van der Waals surface area contributed by atoms with Crippen LogP contribution in [0.4, 0.5) is 17.5 Å². The third-order valence-electron chi connectivity index (χ3n) is 7.09. The van der Waals surface area contributed by atoms with Gasteiger partial charge in [-0.1, -0.05) is 6.92 Å². The summed E-state index contributed by atoms with van der Waals surface area (Å²) in [5, 5.41) is 17.0. The van der Waals surface area contributed by atoms with E-state index in [4.69, 9.17) is 9.72 Å². The lowest BCUT2D eigenvalue weighted by Gasteiger charge is -2.58. The molecule has 0 bridgehead atoms. The number of anilines is 3. The number of nitrogens with one attached hydrogen (secondary N) is 1. The molecule has 32 heavy (non-hydrogen) atoms. The first-order valence-electron chi connectivity index (χ1n) is 11.3. The zero-order valence-corrected chi connectivity index (χ0v) is 19.0. The van der Waals surface area contributed by atoms with E-state index in [1.165, 1.54) is 13.0 Å². The SMILES string of the molecule is COc1cnc(Nc2cnn(C)c2)nc1N1CC(CC#N)(N2CCN3C[C@H](C)C[C@H]3C2)C1. The number of hydrogen-bond donors (Lipinski definition) is 1. The van der Waals surface area contributed by atoms with Crippen molar-refractivity contribution >= 4 is 17.5 Å². The molecule has 0 aliphatic carbocycles. The minimum absolute atomic E-state index is 0.125. The molecule has 2 aromatic rings. The average Bonchev–Trinajstić information content (AvgIpc) is 3.33. The molecule has 2 atom stereocenters. The van der Waals surface area contributed by atoms with Crippen molar-refractivity contribution in [2.24, 2.45) is 13.0 Å². The Bertz CT molecular complexity index is 1010. The number of nitrogens with zero attached hydrogens (tertiary/aromatic N) is 8. The first-order chi connectivity index (χ1) is 15.5. The van der Waals surface area contributed by atoms with Crippen molar-refractivity contribution in [1.82, 2.24) is 29.5 Å². The highest BCUT2D eigenvalue weighted by atomic mass is 16.5. The minimum Gasteiger partial charge on any atom is -0.491 e. The Kier molecular flexibility index (Phi) is 5.39. The van der Waals surface area contributed by atoms with Crippen LogP contribution in [0.15, 0.2) is 18.6 Å². The Hall–Kier alpha value is -2.90. The molecule has 0 radical (unpaired) electrons. The van der Waals surface area contributed by atoms with E-state index < -0.39 is 0 Å². The molecule has 0 amide bonds. The molecule has 3 fully saturated rings. The summed E-state index contributed by atoms with van der Waals surface area (Å²) >= 11 is 0. The second-order valence-electron chi connectivity index (χ2n) is 9.46. The topological polar surface area (TPSA) is 98.4 Å². The second-order valence-corrected chi connectivity index (χ2v) is 9.46. The fourth-order valence-electron chi connectivity index (χ4n) is 5.52. The van der Waals surface area contributed by atoms with Crippen LogP contribution in [0.5, 0.6) is 5.75 Å². The average molecular weight is 438 g/mol. The number of fused-ring (bicyclic) bond motifs is 1. The summed E-state index contributed by atoms with van der Waals surface area (Å²) in [4.78, 5) is 16.5. The van der Waals surface area contributed by atoms with Gasteiger partial charge in [0.15, 0.2) is 11.6 Å². The van der Waals surface area contributed by atoms with Gasteiger partial charge in [0.1, 0.15) is 0 Å². The molecule has 0 spiro atoms. The van der Waals surface area contributed by atoms with E-state index in [-0.39, 0.29) is 5.54 Å². The summed E-state index contributed by atoms with van der Waals surface area (Å²) in [5.74, 6) is 2.67. The summed E-state index contributed by atoms with van der Waals surface area (Å²) in [5.41, 5.74) is 0.703. The Morgan fingerprint density at radius 3 is 2.84 bits per heavy atom. The van der Waals surface area contributed by atoms with Crippen LogP contribution >= 0.6 is 0 Å². The fourth-order valence-corrected chi connectivity index (χ4v) is 5.52. The van der Waals surface area contributed by atoms with Crippen LogP contribution in [-0.4, -0.2) is 87.5 Å². The number of aryl methyl sites for hydroxylation is 1. The van der Waals surface area contributed by atoms with E-state index in [0.29, 0.717) is 24.2 Å². The lowest BCUT2D eigenvalue weighted by molar-refractivity contribution is -0.000702. The normalized spacial score (nSPS) is 25.1. The Morgan fingerprint density at radius 2 is 2.12 bits per heavy atom. The van der Waals surface area contributed by atoms with Crippen LogP contribution in [0.1, 0.15) is 19.8 Å². The zero-order valence-electron chi connectivity index (χ0n) is 19.0. The van der Waals surface area contributed by atoms with Gasteiger partial charge in [0.2, 0.25) is 5.95 Å². The molecular formula is C22H31N9O. The van der Waals surface area contributed by atoms with Crippen molar-refractivity contribution in [3.8, 4) is 11.8 Å². The maximum absolute atomic E-state index is 9.62. The number of nitriles is 1. The minimum atomic E-state index is -0.125. The molecule has 2 aromatic heterocycles. The fraction of sp³-hybridized carbons (Fsp3) is 0.636. The van der Waals surface area contributed by atoms with Crippen molar-refractivity contribution in [1.29, 1.82) is 5.26 Å². The van der Waals surface area contributed by atoms with Crippen molar-refractivity contribution in [3.63, 3.8) is 0 Å². The largest absolute Gasteiger partial charge is 0.491 e. The Balaban J connectivity index is 1.33. The number of piperazine rings is 1. The van der Waals surface area contributed by atoms with Gasteiger partial charge in [-0.2, -0.15) is 15.3 Å². The number of hydrogen-bond acceptors (Lipinski definition) is 9. The van der Waals surface area contributed by atoms with Crippen LogP contribution < -0.4 is 15.0 Å². The van der Waals surface area contributed by atoms with Gasteiger partial charge >= 0.3 is 0 Å². The van der Waals surface area contributed by atoms with Crippen molar-refractivity contribution in [2.75, 3.05) is 56.6 Å². The van der Waals surface area contributed by atoms with Crippen LogP contribution in [0, 0.1) is 17.2 Å². The molecule has 1 N–H and O–H groups in total. The molecular weight excluding hydrogens is 406 g/mol. The highest BCUT2D eigenvalue weighted by molar-refractivity contribution is 5.60. The third-order valence-corrected chi connectivity index (χ3v) is 7.09. The molecule has 170 valence electrons. The molecule has 5 heterocycles. The predicted octanol–water partition coefficient (Wildman–Crippen LogP) is 1.46. The molecule has 0 aromatic carbocycles. The van der Waals surface area contributed by atoms with E-state index in [9.17, 15) is 5.26 Å². The monoisotopic (exact) mass is 437 g/mol. The van der Waals surface area contributed by atoms with Gasteiger partial charge in [-0.05, 0) is 12.3 Å². The summed E-state index contributed by atoms with van der Waals surface area (Å²) in [6, 6.07) is 3.07. The van der Waals surface area contributed by atoms with E-state index in [1.54, 1.807) is 24.2 Å². The second kappa shape index (κ2) is 8.22. The van der Waals surface area contributed by atoms with Crippen molar-refractivity contribution in [2.45, 2.75) is 31.3 Å². The van der Waals surface area contributed by atoms with Gasteiger partial charge in [-0.3, -0.25) is 14.5 Å². The van der Waals surface area contributed by atoms with E-state index in [2.05, 4.69) is 43.1 Å². The van der Waals surface area contributed by atoms with E-state index >= 15 is 0 Å². The molecule has 10 nitrogen and oxygen atoms in total. The van der Waals surface area contributed by atoms with Crippen LogP contribution in [0.25, 0.3) is 0 Å². The van der Waals surface area contributed by atoms with Gasteiger partial charge in [0.05, 0.1) is 43.2 Å². The lowest BCUT2D eigenvalue weighted by atomic mass is 9.83. The highest BCUT2D eigenvalue weighted by Gasteiger charge is 2.51. The predicted molar refractivity (Wildman–Crippen MR) is 121 cm³/mol. The number of methoxy groups -OCH3 is 1. The third kappa shape index (κ3) is 3.76. The van der Waals surface area contributed by atoms with Gasteiger partial charge in [-0.25, -0.2) is 4.98 Å². The molecule has 0 unspecified atom stereocenters. The van der Waals surface area contributed by atoms with E-state index in [0.717, 1.165) is 50.1 Å². The maximum Gasteiger partial charge on any atom is 0.229 e. The molecule has 3 aliphatic rings. The number of rotatable bonds is 6. The highest BCUT2D eigenvalue weighted by Crippen LogP contribution is 2.40. The zero-order chi connectivity index (χ0) is 22.3. The van der Waals surface area contributed by atoms with Crippen molar-refractivity contribution < 1.29 is 4.74 Å². The Labute approximate surface area is 188 Å². The molecule has 3 saturated heterocycles. The lowest BCUT2D eigenvalue weighted by Crippen LogP contribution is -2.73. The van der Waals surface area contributed by atoms with Gasteiger partial charge in [-0.15, -0.1) is 0 Å². The Morgan fingerprint density at radius 1 is 1.28 bits per heavy atom. The van der Waals surface area contributed by atoms with Gasteiger partial charge in [0.25, 0.3) is 0 Å². The maximum atomic E-state index is 9.62.